The van der Waals surface area contributed by atoms with Crippen molar-refractivity contribution in [1.29, 1.82) is 0 Å². The molecule has 2 rings (SSSR count). The van der Waals surface area contributed by atoms with E-state index < -0.39 is 29.4 Å². The molecule has 0 fully saturated rings. The summed E-state index contributed by atoms with van der Waals surface area (Å²) in [5, 5.41) is 2.50. The smallest absolute Gasteiger partial charge is 0.343 e. The Kier molecular flexibility index (Phi) is 5.76. The summed E-state index contributed by atoms with van der Waals surface area (Å²) in [5.41, 5.74) is 0.0753. The monoisotopic (exact) mass is 351 g/mol. The zero-order chi connectivity index (χ0) is 17.7. The standard InChI is InChI=1S/C17H15ClFNO4/c1-10(16(21)20-11-5-3-6-12(9-11)23-2)24-17(22)15-13(18)7-4-8-14(15)19/h3-10H,1-2H3,(H,20,21)/t10-/m1/s1. The van der Waals surface area contributed by atoms with Gasteiger partial charge in [-0.2, -0.15) is 0 Å². The van der Waals surface area contributed by atoms with Crippen molar-refractivity contribution >= 4 is 29.2 Å². The van der Waals surface area contributed by atoms with Gasteiger partial charge in [0.15, 0.2) is 6.10 Å². The Labute approximate surface area is 143 Å². The molecule has 0 aliphatic heterocycles. The molecule has 1 atom stereocenters. The van der Waals surface area contributed by atoms with Gasteiger partial charge in [-0.15, -0.1) is 0 Å². The molecule has 0 unspecified atom stereocenters. The zero-order valence-corrected chi connectivity index (χ0v) is 13.8. The largest absolute Gasteiger partial charge is 0.497 e. The van der Waals surface area contributed by atoms with E-state index in [1.807, 2.05) is 0 Å². The summed E-state index contributed by atoms with van der Waals surface area (Å²) < 4.78 is 23.7. The molecule has 0 aromatic heterocycles. The molecule has 0 saturated carbocycles. The van der Waals surface area contributed by atoms with Crippen LogP contribution in [0, 0.1) is 5.82 Å². The van der Waals surface area contributed by atoms with Crippen LogP contribution < -0.4 is 10.1 Å². The van der Waals surface area contributed by atoms with Crippen molar-refractivity contribution in [2.75, 3.05) is 12.4 Å². The molecular weight excluding hydrogens is 337 g/mol. The first kappa shape index (κ1) is 17.7. The van der Waals surface area contributed by atoms with Crippen LogP contribution in [0.3, 0.4) is 0 Å². The summed E-state index contributed by atoms with van der Waals surface area (Å²) >= 11 is 5.80. The second-order valence-corrected chi connectivity index (χ2v) is 5.27. The first-order chi connectivity index (χ1) is 11.4. The van der Waals surface area contributed by atoms with Crippen molar-refractivity contribution in [2.45, 2.75) is 13.0 Å². The molecule has 0 heterocycles. The second-order valence-electron chi connectivity index (χ2n) is 4.87. The molecule has 126 valence electrons. The Morgan fingerprint density at radius 1 is 1.21 bits per heavy atom. The molecule has 0 aliphatic carbocycles. The molecule has 1 amide bonds. The Balaban J connectivity index is 2.04. The first-order valence-corrected chi connectivity index (χ1v) is 7.40. The maximum atomic E-state index is 13.7. The lowest BCUT2D eigenvalue weighted by Crippen LogP contribution is -2.30. The van der Waals surface area contributed by atoms with Crippen LogP contribution in [0.15, 0.2) is 42.5 Å². The van der Waals surface area contributed by atoms with Crippen LogP contribution in [-0.4, -0.2) is 25.1 Å². The second kappa shape index (κ2) is 7.79. The van der Waals surface area contributed by atoms with Crippen LogP contribution in [0.5, 0.6) is 5.75 Å². The predicted octanol–water partition coefficient (Wildman–Crippen LogP) is 3.67. The minimum absolute atomic E-state index is 0.0830. The van der Waals surface area contributed by atoms with Gasteiger partial charge < -0.3 is 14.8 Å². The Bertz CT molecular complexity index is 746. The Hall–Kier alpha value is -2.60. The van der Waals surface area contributed by atoms with Crippen LogP contribution in [0.1, 0.15) is 17.3 Å². The third-order valence-electron chi connectivity index (χ3n) is 3.16. The summed E-state index contributed by atoms with van der Waals surface area (Å²) in [4.78, 5) is 24.1. The predicted molar refractivity (Wildman–Crippen MR) is 87.9 cm³/mol. The fourth-order valence-electron chi connectivity index (χ4n) is 1.91. The van der Waals surface area contributed by atoms with E-state index in [-0.39, 0.29) is 5.02 Å². The molecule has 0 aliphatic rings. The van der Waals surface area contributed by atoms with E-state index in [2.05, 4.69) is 5.32 Å². The Morgan fingerprint density at radius 2 is 1.92 bits per heavy atom. The van der Waals surface area contributed by atoms with Crippen LogP contribution in [0.4, 0.5) is 10.1 Å². The van der Waals surface area contributed by atoms with Gasteiger partial charge >= 0.3 is 5.97 Å². The Morgan fingerprint density at radius 3 is 2.58 bits per heavy atom. The van der Waals surface area contributed by atoms with Crippen molar-refractivity contribution < 1.29 is 23.5 Å². The fourth-order valence-corrected chi connectivity index (χ4v) is 2.15. The number of ether oxygens (including phenoxy) is 2. The highest BCUT2D eigenvalue weighted by Crippen LogP contribution is 2.21. The number of methoxy groups -OCH3 is 1. The number of esters is 1. The van der Waals surface area contributed by atoms with Crippen LogP contribution in [-0.2, 0) is 9.53 Å². The molecule has 0 spiro atoms. The number of hydrogen-bond acceptors (Lipinski definition) is 4. The highest BCUT2D eigenvalue weighted by atomic mass is 35.5. The molecule has 7 heteroatoms. The normalized spacial score (nSPS) is 11.5. The number of hydrogen-bond donors (Lipinski definition) is 1. The van der Waals surface area contributed by atoms with E-state index in [1.54, 1.807) is 24.3 Å². The average molecular weight is 352 g/mol. The van der Waals surface area contributed by atoms with Gasteiger partial charge in [-0.1, -0.05) is 23.7 Å². The molecule has 5 nitrogen and oxygen atoms in total. The maximum absolute atomic E-state index is 13.7. The first-order valence-electron chi connectivity index (χ1n) is 7.02. The number of carbonyl (C=O) groups excluding carboxylic acids is 2. The summed E-state index contributed by atoms with van der Waals surface area (Å²) in [7, 11) is 1.50. The molecular formula is C17H15ClFNO4. The third kappa shape index (κ3) is 4.23. The van der Waals surface area contributed by atoms with E-state index in [0.717, 1.165) is 6.07 Å². The molecule has 0 saturated heterocycles. The maximum Gasteiger partial charge on any atom is 0.343 e. The number of rotatable bonds is 5. The highest BCUT2D eigenvalue weighted by molar-refractivity contribution is 6.33. The molecule has 1 N–H and O–H groups in total. The van der Waals surface area contributed by atoms with E-state index in [1.165, 1.54) is 26.2 Å². The van der Waals surface area contributed by atoms with Crippen molar-refractivity contribution in [3.05, 3.63) is 58.9 Å². The molecule has 24 heavy (non-hydrogen) atoms. The highest BCUT2D eigenvalue weighted by Gasteiger charge is 2.23. The number of nitrogens with one attached hydrogen (secondary N) is 1. The van der Waals surface area contributed by atoms with Gasteiger partial charge in [-0.25, -0.2) is 9.18 Å². The van der Waals surface area contributed by atoms with Gasteiger partial charge in [0, 0.05) is 11.8 Å². The number of benzene rings is 2. The number of carbonyl (C=O) groups is 2. The number of amides is 1. The van der Waals surface area contributed by atoms with E-state index in [4.69, 9.17) is 21.1 Å². The topological polar surface area (TPSA) is 64.6 Å². The van der Waals surface area contributed by atoms with Gasteiger partial charge in [0.1, 0.15) is 17.1 Å². The SMILES string of the molecule is COc1cccc(NC(=O)[C@@H](C)OC(=O)c2c(F)cccc2Cl)c1. The summed E-state index contributed by atoms with van der Waals surface area (Å²) in [5.74, 6) is -1.82. The van der Waals surface area contributed by atoms with Crippen molar-refractivity contribution in [3.8, 4) is 5.75 Å². The molecule has 2 aromatic rings. The van der Waals surface area contributed by atoms with Crippen molar-refractivity contribution in [2.24, 2.45) is 0 Å². The van der Waals surface area contributed by atoms with Crippen LogP contribution in [0.2, 0.25) is 5.02 Å². The van der Waals surface area contributed by atoms with E-state index in [0.29, 0.717) is 11.4 Å². The minimum Gasteiger partial charge on any atom is -0.497 e. The van der Waals surface area contributed by atoms with Gasteiger partial charge in [0.25, 0.3) is 5.91 Å². The van der Waals surface area contributed by atoms with Crippen molar-refractivity contribution in [3.63, 3.8) is 0 Å². The lowest BCUT2D eigenvalue weighted by molar-refractivity contribution is -0.123. The van der Waals surface area contributed by atoms with Crippen molar-refractivity contribution in [1.82, 2.24) is 0 Å². The quantitative estimate of drug-likeness (QED) is 0.835. The fraction of sp³-hybridized carbons (Fsp3) is 0.176. The molecule has 0 bridgehead atoms. The number of anilines is 1. The van der Waals surface area contributed by atoms with Gasteiger partial charge in [0.2, 0.25) is 0 Å². The lowest BCUT2D eigenvalue weighted by Gasteiger charge is -2.14. The van der Waals surface area contributed by atoms with Crippen LogP contribution >= 0.6 is 11.6 Å². The number of halogens is 2. The summed E-state index contributed by atoms with van der Waals surface area (Å²) in [6.07, 6.45) is -1.14. The van der Waals surface area contributed by atoms with Crippen LogP contribution in [0.25, 0.3) is 0 Å². The van der Waals surface area contributed by atoms with Gasteiger partial charge in [-0.3, -0.25) is 4.79 Å². The third-order valence-corrected chi connectivity index (χ3v) is 3.47. The summed E-state index contributed by atoms with van der Waals surface area (Å²) in [6, 6.07) is 10.5. The van der Waals surface area contributed by atoms with E-state index >= 15 is 0 Å². The van der Waals surface area contributed by atoms with Gasteiger partial charge in [0.05, 0.1) is 12.1 Å². The molecule has 0 radical (unpaired) electrons. The lowest BCUT2D eigenvalue weighted by atomic mass is 10.2. The van der Waals surface area contributed by atoms with Gasteiger partial charge in [-0.05, 0) is 31.2 Å². The summed E-state index contributed by atoms with van der Waals surface area (Å²) in [6.45, 7) is 1.38. The minimum atomic E-state index is -1.14. The molecule has 2 aromatic carbocycles. The average Bonchev–Trinajstić information content (AvgIpc) is 2.54. The van der Waals surface area contributed by atoms with E-state index in [9.17, 15) is 14.0 Å². The zero-order valence-electron chi connectivity index (χ0n) is 13.0.